The number of nitrogens with zero attached hydrogens (tertiary/aromatic N) is 2. The molecule has 1 amide bonds. The van der Waals surface area contributed by atoms with Gasteiger partial charge in [0.25, 0.3) is 11.6 Å². The molecule has 3 rings (SSSR count). The number of methoxy groups -OCH3 is 1. The van der Waals surface area contributed by atoms with Gasteiger partial charge in [-0.15, -0.1) is 0 Å². The molecule has 0 saturated heterocycles. The molecule has 0 bridgehead atoms. The first-order valence-corrected chi connectivity index (χ1v) is 8.89. The van der Waals surface area contributed by atoms with E-state index in [9.17, 15) is 25.0 Å². The van der Waals surface area contributed by atoms with Crippen LogP contribution < -0.4 is 14.8 Å². The van der Waals surface area contributed by atoms with E-state index in [1.807, 2.05) is 0 Å². The maximum atomic E-state index is 12.4. The zero-order valence-electron chi connectivity index (χ0n) is 16.5. The fourth-order valence-corrected chi connectivity index (χ4v) is 2.70. The van der Waals surface area contributed by atoms with E-state index in [4.69, 9.17) is 13.9 Å². The number of nitrogens with one attached hydrogen (secondary N) is 1. The van der Waals surface area contributed by atoms with Crippen molar-refractivity contribution in [2.45, 2.75) is 13.5 Å². The smallest absolute Gasteiger partial charge is 0.311 e. The van der Waals surface area contributed by atoms with Gasteiger partial charge in [0, 0.05) is 6.07 Å². The van der Waals surface area contributed by atoms with Gasteiger partial charge in [-0.1, -0.05) is 6.07 Å². The maximum absolute atomic E-state index is 12.4. The molecule has 1 aromatic heterocycles. The number of carbonyl (C=O) groups is 1. The summed E-state index contributed by atoms with van der Waals surface area (Å²) in [6.07, 6.45) is 0. The van der Waals surface area contributed by atoms with Crippen LogP contribution in [0.1, 0.15) is 21.9 Å². The molecule has 0 aliphatic carbocycles. The molecule has 0 aliphatic rings. The number of rotatable bonds is 8. The van der Waals surface area contributed by atoms with Gasteiger partial charge < -0.3 is 19.2 Å². The minimum atomic E-state index is -0.708. The molecular weight excluding hydrogens is 410 g/mol. The predicted molar refractivity (Wildman–Crippen MR) is 108 cm³/mol. The molecular formula is C20H17N3O8. The molecule has 0 unspecified atom stereocenters. The Morgan fingerprint density at radius 2 is 1.77 bits per heavy atom. The van der Waals surface area contributed by atoms with Crippen LogP contribution in [0.3, 0.4) is 0 Å². The lowest BCUT2D eigenvalue weighted by Crippen LogP contribution is -2.12. The molecule has 0 fully saturated rings. The Bertz CT molecular complexity index is 1160. The standard InChI is InChI=1S/C20H17N3O8/c1-12-3-7-18(17(9-12)23(27)28)30-11-14-5-8-19(31-14)20(24)21-15-6-4-13(29-2)10-16(15)22(25)26/h3-10H,11H2,1-2H3,(H,21,24). The van der Waals surface area contributed by atoms with E-state index in [1.54, 1.807) is 13.0 Å². The first-order valence-electron chi connectivity index (χ1n) is 8.89. The molecule has 2 aromatic carbocycles. The highest BCUT2D eigenvalue weighted by Gasteiger charge is 2.20. The second-order valence-electron chi connectivity index (χ2n) is 6.38. The molecule has 1 heterocycles. The first-order chi connectivity index (χ1) is 14.8. The highest BCUT2D eigenvalue weighted by atomic mass is 16.6. The number of hydrogen-bond acceptors (Lipinski definition) is 8. The number of carbonyl (C=O) groups excluding carboxylic acids is 1. The zero-order valence-corrected chi connectivity index (χ0v) is 16.5. The normalized spacial score (nSPS) is 10.4. The maximum Gasteiger partial charge on any atom is 0.311 e. The summed E-state index contributed by atoms with van der Waals surface area (Å²) in [6.45, 7) is 1.57. The molecule has 31 heavy (non-hydrogen) atoms. The van der Waals surface area contributed by atoms with Crippen LogP contribution in [0, 0.1) is 27.2 Å². The van der Waals surface area contributed by atoms with Crippen LogP contribution in [0.25, 0.3) is 0 Å². The average Bonchev–Trinajstić information content (AvgIpc) is 3.22. The van der Waals surface area contributed by atoms with Gasteiger partial charge in [-0.05, 0) is 42.8 Å². The molecule has 11 nitrogen and oxygen atoms in total. The summed E-state index contributed by atoms with van der Waals surface area (Å²) in [5.74, 6) is -0.244. The van der Waals surface area contributed by atoms with Gasteiger partial charge in [0.2, 0.25) is 0 Å². The molecule has 0 spiro atoms. The number of aryl methyl sites for hydroxylation is 1. The van der Waals surface area contributed by atoms with Crippen LogP contribution in [-0.4, -0.2) is 22.9 Å². The Morgan fingerprint density at radius 3 is 2.45 bits per heavy atom. The van der Waals surface area contributed by atoms with Gasteiger partial charge in [-0.2, -0.15) is 0 Å². The Hall–Kier alpha value is -4.41. The van der Waals surface area contributed by atoms with Crippen LogP contribution in [-0.2, 0) is 6.61 Å². The summed E-state index contributed by atoms with van der Waals surface area (Å²) >= 11 is 0. The number of benzene rings is 2. The number of nitro groups is 2. The van der Waals surface area contributed by atoms with Crippen molar-refractivity contribution in [2.24, 2.45) is 0 Å². The van der Waals surface area contributed by atoms with Gasteiger partial charge >= 0.3 is 5.69 Å². The third-order valence-corrected chi connectivity index (χ3v) is 4.22. The largest absolute Gasteiger partial charge is 0.496 e. The van der Waals surface area contributed by atoms with Crippen molar-refractivity contribution >= 4 is 23.0 Å². The third kappa shape index (κ3) is 4.96. The highest BCUT2D eigenvalue weighted by molar-refractivity contribution is 6.03. The van der Waals surface area contributed by atoms with Gasteiger partial charge in [0.1, 0.15) is 23.8 Å². The van der Waals surface area contributed by atoms with E-state index in [2.05, 4.69) is 5.32 Å². The fourth-order valence-electron chi connectivity index (χ4n) is 2.70. The van der Waals surface area contributed by atoms with Crippen molar-refractivity contribution in [1.29, 1.82) is 0 Å². The van der Waals surface area contributed by atoms with E-state index in [1.165, 1.54) is 49.6 Å². The molecule has 1 N–H and O–H groups in total. The van der Waals surface area contributed by atoms with Crippen molar-refractivity contribution < 1.29 is 28.5 Å². The van der Waals surface area contributed by atoms with E-state index < -0.39 is 15.8 Å². The number of hydrogen-bond donors (Lipinski definition) is 1. The Kier molecular flexibility index (Phi) is 6.15. The predicted octanol–water partition coefficient (Wildman–Crippen LogP) is 4.24. The summed E-state index contributed by atoms with van der Waals surface area (Å²) in [5, 5.41) is 24.8. The SMILES string of the molecule is COc1ccc(NC(=O)c2ccc(COc3ccc(C)cc3[N+](=O)[O-])o2)c([N+](=O)[O-])c1. The monoisotopic (exact) mass is 427 g/mol. The minimum Gasteiger partial charge on any atom is -0.496 e. The molecule has 11 heteroatoms. The topological polar surface area (TPSA) is 147 Å². The minimum absolute atomic E-state index is 0.0275. The van der Waals surface area contributed by atoms with E-state index in [0.717, 1.165) is 0 Å². The van der Waals surface area contributed by atoms with Gasteiger partial charge in [-0.25, -0.2) is 0 Å². The molecule has 0 saturated carbocycles. The van der Waals surface area contributed by atoms with Crippen molar-refractivity contribution in [1.82, 2.24) is 0 Å². The summed E-state index contributed by atoms with van der Waals surface area (Å²) in [5.41, 5.74) is 0.162. The van der Waals surface area contributed by atoms with Crippen LogP contribution in [0.15, 0.2) is 52.9 Å². The van der Waals surface area contributed by atoms with Crippen LogP contribution in [0.2, 0.25) is 0 Å². The van der Waals surface area contributed by atoms with E-state index in [-0.39, 0.29) is 46.7 Å². The lowest BCUT2D eigenvalue weighted by atomic mass is 10.2. The summed E-state index contributed by atoms with van der Waals surface area (Å²) < 4.78 is 15.8. The summed E-state index contributed by atoms with van der Waals surface area (Å²) in [7, 11) is 1.37. The summed E-state index contributed by atoms with van der Waals surface area (Å²) in [4.78, 5) is 33.6. The molecule has 0 atom stereocenters. The molecule has 0 radical (unpaired) electrons. The van der Waals surface area contributed by atoms with Gasteiger partial charge in [0.15, 0.2) is 11.5 Å². The number of ether oxygens (including phenoxy) is 2. The summed E-state index contributed by atoms with van der Waals surface area (Å²) in [6, 6.07) is 11.4. The average molecular weight is 427 g/mol. The first kappa shape index (κ1) is 21.3. The van der Waals surface area contributed by atoms with Crippen molar-refractivity contribution in [2.75, 3.05) is 12.4 Å². The lowest BCUT2D eigenvalue weighted by Gasteiger charge is -2.07. The van der Waals surface area contributed by atoms with E-state index >= 15 is 0 Å². The second-order valence-corrected chi connectivity index (χ2v) is 6.38. The van der Waals surface area contributed by atoms with Crippen LogP contribution >= 0.6 is 0 Å². The highest BCUT2D eigenvalue weighted by Crippen LogP contribution is 2.30. The number of furan rings is 1. The van der Waals surface area contributed by atoms with Gasteiger partial charge in [-0.3, -0.25) is 25.0 Å². The molecule has 160 valence electrons. The third-order valence-electron chi connectivity index (χ3n) is 4.22. The number of amides is 1. The second kappa shape index (κ2) is 8.95. The quantitative estimate of drug-likeness (QED) is 0.414. The van der Waals surface area contributed by atoms with Crippen molar-refractivity contribution in [3.63, 3.8) is 0 Å². The Labute approximate surface area is 175 Å². The fraction of sp³-hybridized carbons (Fsp3) is 0.150. The Balaban J connectivity index is 1.71. The Morgan fingerprint density at radius 1 is 1.03 bits per heavy atom. The van der Waals surface area contributed by atoms with E-state index in [0.29, 0.717) is 5.56 Å². The van der Waals surface area contributed by atoms with Crippen molar-refractivity contribution in [3.8, 4) is 11.5 Å². The number of nitro benzene ring substituents is 2. The van der Waals surface area contributed by atoms with Gasteiger partial charge in [0.05, 0.1) is 23.0 Å². The zero-order chi connectivity index (χ0) is 22.5. The molecule has 3 aromatic rings. The molecule has 0 aliphatic heterocycles. The number of anilines is 1. The van der Waals surface area contributed by atoms with Crippen molar-refractivity contribution in [3.05, 3.63) is 85.8 Å². The van der Waals surface area contributed by atoms with Crippen LogP contribution in [0.5, 0.6) is 11.5 Å². The van der Waals surface area contributed by atoms with Crippen LogP contribution in [0.4, 0.5) is 17.1 Å². The lowest BCUT2D eigenvalue weighted by molar-refractivity contribution is -0.386.